The van der Waals surface area contributed by atoms with Crippen LogP contribution in [0.4, 0.5) is 5.13 Å². The van der Waals surface area contributed by atoms with Crippen LogP contribution in [0.2, 0.25) is 0 Å². The van der Waals surface area contributed by atoms with Crippen LogP contribution in [0.25, 0.3) is 0 Å². The van der Waals surface area contributed by atoms with Crippen molar-refractivity contribution in [2.45, 2.75) is 32.2 Å². The Kier molecular flexibility index (Phi) is 5.09. The fraction of sp³-hybridized carbons (Fsp3) is 0.750. The van der Waals surface area contributed by atoms with Crippen molar-refractivity contribution >= 4 is 22.4 Å². The minimum atomic E-state index is -0.136. The third-order valence-corrected chi connectivity index (χ3v) is 4.34. The van der Waals surface area contributed by atoms with E-state index in [1.54, 1.807) is 7.05 Å². The van der Waals surface area contributed by atoms with Crippen LogP contribution >= 0.6 is 11.3 Å². The van der Waals surface area contributed by atoms with Gasteiger partial charge >= 0.3 is 0 Å². The molecule has 2 N–H and O–H groups in total. The molecule has 0 saturated carbocycles. The lowest BCUT2D eigenvalue weighted by atomic mass is 10.1. The van der Waals surface area contributed by atoms with Gasteiger partial charge in [0.1, 0.15) is 0 Å². The zero-order valence-electron chi connectivity index (χ0n) is 11.5. The maximum absolute atomic E-state index is 11.9. The molecule has 1 fully saturated rings. The van der Waals surface area contributed by atoms with Gasteiger partial charge in [-0.15, -0.1) is 10.2 Å². The summed E-state index contributed by atoms with van der Waals surface area (Å²) < 4.78 is 0. The van der Waals surface area contributed by atoms with E-state index in [4.69, 9.17) is 0 Å². The molecule has 0 spiro atoms. The molecule has 0 aliphatic carbocycles. The van der Waals surface area contributed by atoms with E-state index < -0.39 is 0 Å². The zero-order valence-corrected chi connectivity index (χ0v) is 12.3. The largest absolute Gasteiger partial charge is 0.363 e. The number of piperidine rings is 1. The number of likely N-dealkylation sites (tertiary alicyclic amines) is 1. The summed E-state index contributed by atoms with van der Waals surface area (Å²) in [7, 11) is 1.76. The number of hydrogen-bond acceptors (Lipinski definition) is 6. The van der Waals surface area contributed by atoms with Crippen molar-refractivity contribution in [1.29, 1.82) is 0 Å². The molecule has 0 bridgehead atoms. The number of hydrogen-bond donors (Lipinski definition) is 2. The van der Waals surface area contributed by atoms with Gasteiger partial charge in [0.2, 0.25) is 10.1 Å². The first kappa shape index (κ1) is 14.2. The van der Waals surface area contributed by atoms with E-state index in [1.807, 2.05) is 0 Å². The molecule has 106 valence electrons. The van der Waals surface area contributed by atoms with Gasteiger partial charge in [0.25, 0.3) is 5.91 Å². The van der Waals surface area contributed by atoms with Crippen molar-refractivity contribution in [1.82, 2.24) is 20.4 Å². The standard InChI is InChI=1S/C12H21N5OS/c1-9(17-6-4-3-5-7-17)8-14-10(18)11-15-16-12(13-2)19-11/h9H,3-8H2,1-2H3,(H,13,16)(H,14,18). The Morgan fingerprint density at radius 3 is 2.74 bits per heavy atom. The molecule has 19 heavy (non-hydrogen) atoms. The topological polar surface area (TPSA) is 70.1 Å². The van der Waals surface area contributed by atoms with Crippen molar-refractivity contribution in [3.05, 3.63) is 5.01 Å². The van der Waals surface area contributed by atoms with Gasteiger partial charge in [-0.2, -0.15) is 0 Å². The van der Waals surface area contributed by atoms with Gasteiger partial charge in [-0.25, -0.2) is 0 Å². The SMILES string of the molecule is CNc1nnc(C(=O)NCC(C)N2CCCCC2)s1. The average Bonchev–Trinajstić information content (AvgIpc) is 2.94. The molecular weight excluding hydrogens is 262 g/mol. The second-order valence-electron chi connectivity index (χ2n) is 4.82. The summed E-state index contributed by atoms with van der Waals surface area (Å²) in [6, 6.07) is 0.376. The molecule has 0 radical (unpaired) electrons. The monoisotopic (exact) mass is 283 g/mol. The molecule has 1 aliphatic heterocycles. The molecule has 1 unspecified atom stereocenters. The fourth-order valence-electron chi connectivity index (χ4n) is 2.22. The molecule has 1 aliphatic rings. The van der Waals surface area contributed by atoms with Crippen molar-refractivity contribution in [3.63, 3.8) is 0 Å². The highest BCUT2D eigenvalue weighted by Crippen LogP contribution is 2.14. The second-order valence-corrected chi connectivity index (χ2v) is 5.80. The van der Waals surface area contributed by atoms with Crippen LogP contribution in [0.5, 0.6) is 0 Å². The zero-order chi connectivity index (χ0) is 13.7. The van der Waals surface area contributed by atoms with Gasteiger partial charge in [-0.1, -0.05) is 17.8 Å². The van der Waals surface area contributed by atoms with Crippen molar-refractivity contribution in [2.24, 2.45) is 0 Å². The summed E-state index contributed by atoms with van der Waals surface area (Å²) in [4.78, 5) is 14.3. The van der Waals surface area contributed by atoms with Gasteiger partial charge in [0.15, 0.2) is 0 Å². The number of amides is 1. The summed E-state index contributed by atoms with van der Waals surface area (Å²) >= 11 is 1.27. The van der Waals surface area contributed by atoms with Crippen LogP contribution < -0.4 is 10.6 Å². The van der Waals surface area contributed by atoms with Crippen LogP contribution in [0, 0.1) is 0 Å². The van der Waals surface area contributed by atoms with E-state index in [0.717, 1.165) is 13.1 Å². The van der Waals surface area contributed by atoms with Gasteiger partial charge < -0.3 is 10.6 Å². The molecule has 1 amide bonds. The van der Waals surface area contributed by atoms with Crippen LogP contribution in [0.3, 0.4) is 0 Å². The van der Waals surface area contributed by atoms with Crippen LogP contribution in [0.15, 0.2) is 0 Å². The fourth-order valence-corrected chi connectivity index (χ4v) is 2.83. The molecule has 2 heterocycles. The number of aromatic nitrogens is 2. The van der Waals surface area contributed by atoms with Crippen LogP contribution in [-0.4, -0.2) is 53.7 Å². The Morgan fingerprint density at radius 1 is 1.37 bits per heavy atom. The lowest BCUT2D eigenvalue weighted by molar-refractivity contribution is 0.0929. The van der Waals surface area contributed by atoms with E-state index in [0.29, 0.717) is 22.7 Å². The molecule has 1 saturated heterocycles. The first-order chi connectivity index (χ1) is 9.20. The Balaban J connectivity index is 1.79. The van der Waals surface area contributed by atoms with Crippen molar-refractivity contribution in [3.8, 4) is 0 Å². The predicted molar refractivity (Wildman–Crippen MR) is 76.7 cm³/mol. The summed E-state index contributed by atoms with van der Waals surface area (Å²) in [5.41, 5.74) is 0. The van der Waals surface area contributed by atoms with E-state index in [1.165, 1.54) is 30.6 Å². The smallest absolute Gasteiger partial charge is 0.282 e. The number of rotatable bonds is 5. The summed E-state index contributed by atoms with van der Waals surface area (Å²) in [5, 5.41) is 14.6. The Bertz CT molecular complexity index is 416. The lowest BCUT2D eigenvalue weighted by Gasteiger charge is -2.32. The summed E-state index contributed by atoms with van der Waals surface area (Å²) in [6.45, 7) is 5.09. The highest BCUT2D eigenvalue weighted by atomic mass is 32.1. The number of nitrogens with one attached hydrogen (secondary N) is 2. The number of carbonyl (C=O) groups excluding carboxylic acids is 1. The van der Waals surface area contributed by atoms with Crippen molar-refractivity contribution < 1.29 is 4.79 Å². The first-order valence-electron chi connectivity index (χ1n) is 6.74. The average molecular weight is 283 g/mol. The van der Waals surface area contributed by atoms with Crippen LogP contribution in [-0.2, 0) is 0 Å². The quantitative estimate of drug-likeness (QED) is 0.849. The molecule has 7 heteroatoms. The summed E-state index contributed by atoms with van der Waals surface area (Å²) in [6.07, 6.45) is 3.85. The maximum Gasteiger partial charge on any atom is 0.282 e. The highest BCUT2D eigenvalue weighted by molar-refractivity contribution is 7.17. The number of anilines is 1. The molecule has 6 nitrogen and oxygen atoms in total. The van der Waals surface area contributed by atoms with Gasteiger partial charge in [0.05, 0.1) is 0 Å². The third kappa shape index (κ3) is 3.87. The first-order valence-corrected chi connectivity index (χ1v) is 7.56. The van der Waals surface area contributed by atoms with E-state index >= 15 is 0 Å². The second kappa shape index (κ2) is 6.81. The molecule has 2 rings (SSSR count). The van der Waals surface area contributed by atoms with E-state index in [-0.39, 0.29) is 5.91 Å². The van der Waals surface area contributed by atoms with E-state index in [2.05, 4.69) is 32.7 Å². The number of carbonyl (C=O) groups is 1. The molecule has 1 aromatic rings. The molecule has 1 atom stereocenters. The van der Waals surface area contributed by atoms with Gasteiger partial charge in [0, 0.05) is 19.6 Å². The van der Waals surface area contributed by atoms with Crippen LogP contribution in [0.1, 0.15) is 36.0 Å². The minimum Gasteiger partial charge on any atom is -0.363 e. The third-order valence-electron chi connectivity index (χ3n) is 3.41. The molecule has 0 aromatic carbocycles. The Morgan fingerprint density at radius 2 is 2.11 bits per heavy atom. The lowest BCUT2D eigenvalue weighted by Crippen LogP contribution is -2.44. The molecule has 1 aromatic heterocycles. The molecular formula is C12H21N5OS. The predicted octanol–water partition coefficient (Wildman–Crippen LogP) is 1.18. The number of nitrogens with zero attached hydrogens (tertiary/aromatic N) is 3. The normalized spacial score (nSPS) is 18.0. The maximum atomic E-state index is 11.9. The Labute approximate surface area is 117 Å². The minimum absolute atomic E-state index is 0.136. The highest BCUT2D eigenvalue weighted by Gasteiger charge is 2.18. The van der Waals surface area contributed by atoms with Gasteiger partial charge in [-0.05, 0) is 32.9 Å². The van der Waals surface area contributed by atoms with Crippen molar-refractivity contribution in [2.75, 3.05) is 32.0 Å². The summed E-state index contributed by atoms with van der Waals surface area (Å²) in [5.74, 6) is -0.136. The van der Waals surface area contributed by atoms with E-state index in [9.17, 15) is 4.79 Å². The van der Waals surface area contributed by atoms with Gasteiger partial charge in [-0.3, -0.25) is 9.69 Å². The Hall–Kier alpha value is -1.21.